The van der Waals surface area contributed by atoms with E-state index in [0.717, 1.165) is 17.0 Å². The first-order valence-corrected chi connectivity index (χ1v) is 8.94. The van der Waals surface area contributed by atoms with Gasteiger partial charge >= 0.3 is 0 Å². The lowest BCUT2D eigenvalue weighted by Crippen LogP contribution is -2.24. The van der Waals surface area contributed by atoms with Crippen molar-refractivity contribution in [3.05, 3.63) is 64.2 Å². The van der Waals surface area contributed by atoms with Gasteiger partial charge in [0, 0.05) is 18.0 Å². The van der Waals surface area contributed by atoms with Crippen molar-refractivity contribution in [2.24, 2.45) is 0 Å². The standard InChI is InChI=1S/C18H21ClN2OS/c1-21(2)12-14-7-5-4-6-13(14)11-20-18(22)16-10-15(23-3)8-9-17(16)19/h4-10H,11-12H2,1-3H3,(H,20,22). The molecule has 1 amide bonds. The van der Waals surface area contributed by atoms with Gasteiger partial charge in [-0.2, -0.15) is 0 Å². The maximum absolute atomic E-state index is 12.4. The van der Waals surface area contributed by atoms with E-state index in [1.165, 1.54) is 5.56 Å². The number of benzene rings is 2. The average Bonchev–Trinajstić information content (AvgIpc) is 2.53. The number of hydrogen-bond donors (Lipinski definition) is 1. The number of hydrogen-bond acceptors (Lipinski definition) is 3. The Labute approximate surface area is 147 Å². The first-order chi connectivity index (χ1) is 11.0. The maximum Gasteiger partial charge on any atom is 0.253 e. The third-order valence-corrected chi connectivity index (χ3v) is 4.52. The lowest BCUT2D eigenvalue weighted by molar-refractivity contribution is 0.0950. The van der Waals surface area contributed by atoms with Gasteiger partial charge in [-0.3, -0.25) is 4.79 Å². The van der Waals surface area contributed by atoms with E-state index in [9.17, 15) is 4.79 Å². The quantitative estimate of drug-likeness (QED) is 0.799. The number of carbonyl (C=O) groups is 1. The van der Waals surface area contributed by atoms with Crippen LogP contribution in [0.15, 0.2) is 47.4 Å². The van der Waals surface area contributed by atoms with Crippen LogP contribution >= 0.6 is 23.4 Å². The van der Waals surface area contributed by atoms with Crippen LogP contribution in [0.3, 0.4) is 0 Å². The van der Waals surface area contributed by atoms with Crippen LogP contribution in [0.25, 0.3) is 0 Å². The van der Waals surface area contributed by atoms with E-state index in [0.29, 0.717) is 17.1 Å². The van der Waals surface area contributed by atoms with Gasteiger partial charge in [-0.15, -0.1) is 11.8 Å². The fourth-order valence-electron chi connectivity index (χ4n) is 2.30. The zero-order valence-electron chi connectivity index (χ0n) is 13.6. The fourth-order valence-corrected chi connectivity index (χ4v) is 2.94. The lowest BCUT2D eigenvalue weighted by Gasteiger charge is -2.15. The molecule has 2 aromatic carbocycles. The van der Waals surface area contributed by atoms with Gasteiger partial charge in [0.15, 0.2) is 0 Å². The van der Waals surface area contributed by atoms with E-state index in [1.807, 2.05) is 50.7 Å². The first-order valence-electron chi connectivity index (χ1n) is 7.34. The molecule has 0 radical (unpaired) electrons. The summed E-state index contributed by atoms with van der Waals surface area (Å²) >= 11 is 7.74. The highest BCUT2D eigenvalue weighted by atomic mass is 35.5. The third-order valence-electron chi connectivity index (χ3n) is 3.46. The minimum absolute atomic E-state index is 0.148. The summed E-state index contributed by atoms with van der Waals surface area (Å²) in [6.45, 7) is 1.33. The van der Waals surface area contributed by atoms with E-state index in [1.54, 1.807) is 17.8 Å². The van der Waals surface area contributed by atoms with Gasteiger partial charge in [0.2, 0.25) is 0 Å². The van der Waals surface area contributed by atoms with Gasteiger partial charge in [-0.1, -0.05) is 35.9 Å². The Hall–Kier alpha value is -1.49. The molecule has 122 valence electrons. The summed E-state index contributed by atoms with van der Waals surface area (Å²) in [7, 11) is 4.06. The van der Waals surface area contributed by atoms with Crippen LogP contribution in [-0.4, -0.2) is 31.2 Å². The zero-order valence-corrected chi connectivity index (χ0v) is 15.2. The van der Waals surface area contributed by atoms with Gasteiger partial charge in [0.05, 0.1) is 10.6 Å². The van der Waals surface area contributed by atoms with Crippen LogP contribution in [-0.2, 0) is 13.1 Å². The van der Waals surface area contributed by atoms with E-state index < -0.39 is 0 Å². The molecule has 0 aliphatic carbocycles. The Balaban J connectivity index is 2.11. The van der Waals surface area contributed by atoms with Crippen molar-refractivity contribution in [1.82, 2.24) is 10.2 Å². The smallest absolute Gasteiger partial charge is 0.253 e. The number of nitrogens with zero attached hydrogens (tertiary/aromatic N) is 1. The molecule has 0 spiro atoms. The second-order valence-corrected chi connectivity index (χ2v) is 6.82. The Morgan fingerprint density at radius 3 is 2.52 bits per heavy atom. The molecule has 0 aliphatic heterocycles. The predicted molar refractivity (Wildman–Crippen MR) is 98.2 cm³/mol. The van der Waals surface area contributed by atoms with E-state index in [4.69, 9.17) is 11.6 Å². The van der Waals surface area contributed by atoms with Gasteiger partial charge in [0.1, 0.15) is 0 Å². The molecule has 2 rings (SSSR count). The SMILES string of the molecule is CSc1ccc(Cl)c(C(=O)NCc2ccccc2CN(C)C)c1. The fraction of sp³-hybridized carbons (Fsp3) is 0.278. The van der Waals surface area contributed by atoms with E-state index in [-0.39, 0.29) is 5.91 Å². The Kier molecular flexibility index (Phi) is 6.51. The van der Waals surface area contributed by atoms with Crippen LogP contribution in [0.1, 0.15) is 21.5 Å². The Bertz CT molecular complexity index is 688. The molecule has 0 atom stereocenters. The van der Waals surface area contributed by atoms with Crippen LogP contribution in [0, 0.1) is 0 Å². The van der Waals surface area contributed by atoms with Crippen molar-refractivity contribution >= 4 is 29.3 Å². The summed E-state index contributed by atoms with van der Waals surface area (Å²) in [5, 5.41) is 3.44. The van der Waals surface area contributed by atoms with Gasteiger partial charge < -0.3 is 10.2 Å². The molecule has 0 bridgehead atoms. The van der Waals surface area contributed by atoms with Crippen molar-refractivity contribution in [1.29, 1.82) is 0 Å². The van der Waals surface area contributed by atoms with Gasteiger partial charge in [0.25, 0.3) is 5.91 Å². The summed E-state index contributed by atoms with van der Waals surface area (Å²) in [6.07, 6.45) is 1.97. The van der Waals surface area contributed by atoms with Crippen LogP contribution in [0.2, 0.25) is 5.02 Å². The van der Waals surface area contributed by atoms with Crippen molar-refractivity contribution in [3.63, 3.8) is 0 Å². The molecule has 1 N–H and O–H groups in total. The van der Waals surface area contributed by atoms with Crippen molar-refractivity contribution in [2.75, 3.05) is 20.4 Å². The number of carbonyl (C=O) groups excluding carboxylic acids is 1. The molecular weight excluding hydrogens is 328 g/mol. The molecule has 0 saturated carbocycles. The summed E-state index contributed by atoms with van der Waals surface area (Å²) < 4.78 is 0. The monoisotopic (exact) mass is 348 g/mol. The molecule has 0 saturated heterocycles. The molecular formula is C18H21ClN2OS. The average molecular weight is 349 g/mol. The number of amides is 1. The molecule has 0 aromatic heterocycles. The summed E-state index contributed by atoms with van der Waals surface area (Å²) in [5.74, 6) is -0.148. The van der Waals surface area contributed by atoms with E-state index in [2.05, 4.69) is 16.3 Å². The minimum Gasteiger partial charge on any atom is -0.348 e. The van der Waals surface area contributed by atoms with Crippen LogP contribution in [0.4, 0.5) is 0 Å². The molecule has 5 heteroatoms. The van der Waals surface area contributed by atoms with E-state index >= 15 is 0 Å². The molecule has 3 nitrogen and oxygen atoms in total. The summed E-state index contributed by atoms with van der Waals surface area (Å²) in [6, 6.07) is 13.6. The molecule has 23 heavy (non-hydrogen) atoms. The normalized spacial score (nSPS) is 10.8. The molecule has 0 heterocycles. The number of halogens is 1. The number of nitrogens with one attached hydrogen (secondary N) is 1. The van der Waals surface area contributed by atoms with Crippen LogP contribution in [0.5, 0.6) is 0 Å². The van der Waals surface area contributed by atoms with Crippen molar-refractivity contribution in [2.45, 2.75) is 18.0 Å². The summed E-state index contributed by atoms with van der Waals surface area (Å²) in [5.41, 5.74) is 2.84. The largest absolute Gasteiger partial charge is 0.348 e. The highest BCUT2D eigenvalue weighted by molar-refractivity contribution is 7.98. The van der Waals surface area contributed by atoms with Crippen molar-refractivity contribution in [3.8, 4) is 0 Å². The topological polar surface area (TPSA) is 32.3 Å². The zero-order chi connectivity index (χ0) is 16.8. The highest BCUT2D eigenvalue weighted by Gasteiger charge is 2.12. The third kappa shape index (κ3) is 4.99. The molecule has 0 unspecified atom stereocenters. The molecule has 0 fully saturated rings. The van der Waals surface area contributed by atoms with Crippen molar-refractivity contribution < 1.29 is 4.79 Å². The highest BCUT2D eigenvalue weighted by Crippen LogP contribution is 2.23. The van der Waals surface area contributed by atoms with Gasteiger partial charge in [-0.05, 0) is 49.7 Å². The molecule has 2 aromatic rings. The predicted octanol–water partition coefficient (Wildman–Crippen LogP) is 4.05. The Morgan fingerprint density at radius 1 is 1.17 bits per heavy atom. The Morgan fingerprint density at radius 2 is 1.87 bits per heavy atom. The minimum atomic E-state index is -0.148. The van der Waals surface area contributed by atoms with Gasteiger partial charge in [-0.25, -0.2) is 0 Å². The summed E-state index contributed by atoms with van der Waals surface area (Å²) in [4.78, 5) is 15.6. The molecule has 0 aliphatic rings. The van der Waals surface area contributed by atoms with Crippen LogP contribution < -0.4 is 5.32 Å². The first kappa shape index (κ1) is 17.9. The number of thioether (sulfide) groups is 1. The lowest BCUT2D eigenvalue weighted by atomic mass is 10.1. The second-order valence-electron chi connectivity index (χ2n) is 5.53. The number of rotatable bonds is 6. The maximum atomic E-state index is 12.4. The second kappa shape index (κ2) is 8.39.